The summed E-state index contributed by atoms with van der Waals surface area (Å²) in [5, 5.41) is 6.18. The van der Waals surface area contributed by atoms with E-state index in [0.29, 0.717) is 36.5 Å². The topological polar surface area (TPSA) is 100 Å². The molecule has 0 saturated carbocycles. The quantitative estimate of drug-likeness (QED) is 0.265. The molecule has 4 aromatic rings. The molecular weight excluding hydrogens is 503 g/mol. The zero-order valence-electron chi connectivity index (χ0n) is 20.5. The van der Waals surface area contributed by atoms with Crippen LogP contribution in [0, 0.1) is 5.82 Å². The molecular formula is C29H27FN4O3S. The molecule has 7 nitrogen and oxygen atoms in total. The van der Waals surface area contributed by atoms with Crippen LogP contribution in [0.4, 0.5) is 21.6 Å². The molecule has 1 aromatic heterocycles. The number of fused-ring (bicyclic) bond motifs is 1. The van der Waals surface area contributed by atoms with Gasteiger partial charge in [-0.05, 0) is 78.4 Å². The Bertz CT molecular complexity index is 1560. The second-order valence-electron chi connectivity index (χ2n) is 9.14. The third kappa shape index (κ3) is 6.07. The predicted octanol–water partition coefficient (Wildman–Crippen LogP) is 5.50. The predicted molar refractivity (Wildman–Crippen MR) is 145 cm³/mol. The van der Waals surface area contributed by atoms with Crippen molar-refractivity contribution < 1.29 is 17.6 Å². The van der Waals surface area contributed by atoms with Crippen LogP contribution in [0.15, 0.2) is 96.0 Å². The molecule has 9 heteroatoms. The lowest BCUT2D eigenvalue weighted by atomic mass is 10.1. The van der Waals surface area contributed by atoms with Crippen LogP contribution in [-0.4, -0.2) is 19.3 Å². The maximum Gasteiger partial charge on any atom is 0.241 e. The molecule has 3 aromatic carbocycles. The number of benzene rings is 3. The number of amides is 1. The van der Waals surface area contributed by atoms with Crippen LogP contribution in [-0.2, 0) is 27.7 Å². The molecule has 3 N–H and O–H groups in total. The SMILES string of the molecule is O=C(CCc1ccccc1)Nc1cccnc1Nc1ccc2c(c1)C(NS(=O)(=O)c1cccc(F)c1)CC2. The number of carbonyl (C=O) groups excluding carboxylic acids is 1. The van der Waals surface area contributed by atoms with Gasteiger partial charge in [-0.15, -0.1) is 0 Å². The van der Waals surface area contributed by atoms with Gasteiger partial charge in [0.25, 0.3) is 0 Å². The van der Waals surface area contributed by atoms with E-state index in [0.717, 1.165) is 29.2 Å². The summed E-state index contributed by atoms with van der Waals surface area (Å²) in [4.78, 5) is 16.9. The van der Waals surface area contributed by atoms with Crippen molar-refractivity contribution in [3.63, 3.8) is 0 Å². The third-order valence-corrected chi connectivity index (χ3v) is 7.92. The van der Waals surface area contributed by atoms with Crippen LogP contribution < -0.4 is 15.4 Å². The second-order valence-corrected chi connectivity index (χ2v) is 10.9. The molecule has 194 valence electrons. The standard InChI is InChI=1S/C29H27FN4O3S/c30-22-8-4-9-24(18-22)38(36,37)34-26-15-13-21-12-14-23(19-25(21)26)32-29-27(10-5-17-31-29)33-28(35)16-11-20-6-2-1-3-7-20/h1-10,12,14,17-19,26,34H,11,13,15-16H2,(H,31,32)(H,33,35). The number of nitrogens with one attached hydrogen (secondary N) is 3. The van der Waals surface area contributed by atoms with Crippen molar-refractivity contribution in [3.05, 3.63) is 114 Å². The molecule has 0 spiro atoms. The fourth-order valence-electron chi connectivity index (χ4n) is 4.55. The van der Waals surface area contributed by atoms with Crippen LogP contribution in [0.3, 0.4) is 0 Å². The summed E-state index contributed by atoms with van der Waals surface area (Å²) in [6.45, 7) is 0. The minimum Gasteiger partial charge on any atom is -0.338 e. The third-order valence-electron chi connectivity index (χ3n) is 6.46. The Morgan fingerprint density at radius 1 is 0.974 bits per heavy atom. The number of rotatable bonds is 9. The highest BCUT2D eigenvalue weighted by Crippen LogP contribution is 2.35. The van der Waals surface area contributed by atoms with Gasteiger partial charge in [0.2, 0.25) is 15.9 Å². The molecule has 38 heavy (non-hydrogen) atoms. The van der Waals surface area contributed by atoms with E-state index >= 15 is 0 Å². The van der Waals surface area contributed by atoms with E-state index in [1.165, 1.54) is 18.2 Å². The molecule has 1 heterocycles. The van der Waals surface area contributed by atoms with Gasteiger partial charge >= 0.3 is 0 Å². The molecule has 5 rings (SSSR count). The summed E-state index contributed by atoms with van der Waals surface area (Å²) >= 11 is 0. The van der Waals surface area contributed by atoms with Gasteiger partial charge in [-0.3, -0.25) is 4.79 Å². The highest BCUT2D eigenvalue weighted by molar-refractivity contribution is 7.89. The van der Waals surface area contributed by atoms with Crippen molar-refractivity contribution in [1.82, 2.24) is 9.71 Å². The maximum absolute atomic E-state index is 13.6. The Morgan fingerprint density at radius 3 is 2.63 bits per heavy atom. The van der Waals surface area contributed by atoms with Gasteiger partial charge in [-0.25, -0.2) is 22.5 Å². The molecule has 0 radical (unpaired) electrons. The highest BCUT2D eigenvalue weighted by Gasteiger charge is 2.28. The summed E-state index contributed by atoms with van der Waals surface area (Å²) in [5.41, 5.74) is 4.23. The molecule has 1 amide bonds. The van der Waals surface area contributed by atoms with Crippen LogP contribution in [0.2, 0.25) is 0 Å². The molecule has 1 unspecified atom stereocenters. The number of aromatic nitrogens is 1. The van der Waals surface area contributed by atoms with Crippen LogP contribution in [0.5, 0.6) is 0 Å². The molecule has 0 aliphatic heterocycles. The van der Waals surface area contributed by atoms with Crippen molar-refractivity contribution in [2.75, 3.05) is 10.6 Å². The van der Waals surface area contributed by atoms with E-state index in [2.05, 4.69) is 20.3 Å². The van der Waals surface area contributed by atoms with Gasteiger partial charge in [-0.1, -0.05) is 42.5 Å². The molecule has 1 aliphatic carbocycles. The van der Waals surface area contributed by atoms with E-state index in [9.17, 15) is 17.6 Å². The van der Waals surface area contributed by atoms with E-state index in [4.69, 9.17) is 0 Å². The zero-order chi connectivity index (χ0) is 26.5. The summed E-state index contributed by atoms with van der Waals surface area (Å²) in [6, 6.07) is 23.6. The first-order chi connectivity index (χ1) is 18.4. The molecule has 1 aliphatic rings. The zero-order valence-corrected chi connectivity index (χ0v) is 21.3. The van der Waals surface area contributed by atoms with E-state index in [-0.39, 0.29) is 10.8 Å². The van der Waals surface area contributed by atoms with Gasteiger partial charge < -0.3 is 10.6 Å². The lowest BCUT2D eigenvalue weighted by Crippen LogP contribution is -2.27. The van der Waals surface area contributed by atoms with Gasteiger partial charge in [-0.2, -0.15) is 0 Å². The first kappa shape index (κ1) is 25.6. The van der Waals surface area contributed by atoms with Crippen molar-refractivity contribution in [3.8, 4) is 0 Å². The van der Waals surface area contributed by atoms with E-state index in [1.54, 1.807) is 18.3 Å². The minimum atomic E-state index is -3.90. The van der Waals surface area contributed by atoms with Gasteiger partial charge in [0.1, 0.15) is 5.82 Å². The van der Waals surface area contributed by atoms with Crippen LogP contribution >= 0.6 is 0 Å². The molecule has 0 bridgehead atoms. The minimum absolute atomic E-state index is 0.110. The number of sulfonamides is 1. The number of nitrogens with zero attached hydrogens (tertiary/aromatic N) is 1. The lowest BCUT2D eigenvalue weighted by molar-refractivity contribution is -0.116. The lowest BCUT2D eigenvalue weighted by Gasteiger charge is -2.17. The van der Waals surface area contributed by atoms with E-state index in [1.807, 2.05) is 48.5 Å². The number of aryl methyl sites for hydroxylation is 2. The van der Waals surface area contributed by atoms with Gasteiger partial charge in [0.05, 0.1) is 10.6 Å². The molecule has 1 atom stereocenters. The van der Waals surface area contributed by atoms with Crippen LogP contribution in [0.25, 0.3) is 0 Å². The summed E-state index contributed by atoms with van der Waals surface area (Å²) in [7, 11) is -3.90. The normalized spacial score (nSPS) is 14.6. The maximum atomic E-state index is 13.6. The van der Waals surface area contributed by atoms with Crippen molar-refractivity contribution in [2.45, 2.75) is 36.6 Å². The van der Waals surface area contributed by atoms with Crippen molar-refractivity contribution >= 4 is 33.1 Å². The molecule has 0 fully saturated rings. The number of halogens is 1. The number of hydrogen-bond donors (Lipinski definition) is 3. The average molecular weight is 531 g/mol. The van der Waals surface area contributed by atoms with Crippen LogP contribution in [0.1, 0.15) is 35.6 Å². The van der Waals surface area contributed by atoms with Crippen molar-refractivity contribution in [2.24, 2.45) is 0 Å². The fraction of sp³-hybridized carbons (Fsp3) is 0.172. The van der Waals surface area contributed by atoms with Gasteiger partial charge in [0, 0.05) is 24.3 Å². The summed E-state index contributed by atoms with van der Waals surface area (Å²) < 4.78 is 42.1. The second kappa shape index (κ2) is 11.1. The van der Waals surface area contributed by atoms with Crippen molar-refractivity contribution in [1.29, 1.82) is 0 Å². The smallest absolute Gasteiger partial charge is 0.241 e. The largest absolute Gasteiger partial charge is 0.338 e. The Balaban J connectivity index is 1.29. The Labute approximate surface area is 221 Å². The fourth-order valence-corrected chi connectivity index (χ4v) is 5.83. The first-order valence-electron chi connectivity index (χ1n) is 12.3. The van der Waals surface area contributed by atoms with Gasteiger partial charge in [0.15, 0.2) is 5.82 Å². The number of anilines is 3. The summed E-state index contributed by atoms with van der Waals surface area (Å²) in [6.07, 6.45) is 3.92. The monoisotopic (exact) mass is 530 g/mol. The number of carbonyl (C=O) groups is 1. The first-order valence-corrected chi connectivity index (χ1v) is 13.8. The average Bonchev–Trinajstić information content (AvgIpc) is 3.30. The Kier molecular flexibility index (Phi) is 7.48. The Hall–Kier alpha value is -4.08. The summed E-state index contributed by atoms with van der Waals surface area (Å²) in [5.74, 6) is -0.245. The number of hydrogen-bond acceptors (Lipinski definition) is 5. The highest BCUT2D eigenvalue weighted by atomic mass is 32.2. The Morgan fingerprint density at radius 2 is 1.82 bits per heavy atom. The molecule has 0 saturated heterocycles. The number of pyridine rings is 1. The van der Waals surface area contributed by atoms with E-state index < -0.39 is 21.9 Å².